The summed E-state index contributed by atoms with van der Waals surface area (Å²) in [7, 11) is 1.53. The molecule has 0 saturated heterocycles. The lowest BCUT2D eigenvalue weighted by atomic mass is 9.58. The normalized spacial score (nSPS) is 25.3. The number of nitrogens with zero attached hydrogens (tertiary/aromatic N) is 1. The van der Waals surface area contributed by atoms with Crippen molar-refractivity contribution in [2.75, 3.05) is 25.5 Å². The molecule has 0 amide bonds. The Labute approximate surface area is 234 Å². The molecular weight excluding hydrogens is 482 g/mol. The van der Waals surface area contributed by atoms with Crippen LogP contribution >= 0.6 is 0 Å². The van der Waals surface area contributed by atoms with E-state index in [0.717, 1.165) is 50.7 Å². The third kappa shape index (κ3) is 5.94. The van der Waals surface area contributed by atoms with Crippen molar-refractivity contribution in [3.63, 3.8) is 0 Å². The zero-order chi connectivity index (χ0) is 27.2. The average Bonchev–Trinajstić information content (AvgIpc) is 2.94. The summed E-state index contributed by atoms with van der Waals surface area (Å²) in [6.07, 6.45) is 18.2. The van der Waals surface area contributed by atoms with Crippen molar-refractivity contribution in [1.82, 2.24) is 10.3 Å². The molecule has 3 aliphatic carbocycles. The second kappa shape index (κ2) is 12.7. The topological polar surface area (TPSA) is 63.2 Å². The monoisotopic (exact) mass is 529 g/mol. The Morgan fingerprint density at radius 3 is 2.69 bits per heavy atom. The minimum absolute atomic E-state index is 0.0616. The first-order chi connectivity index (χ1) is 19.1. The number of methoxy groups -OCH3 is 1. The van der Waals surface area contributed by atoms with Crippen molar-refractivity contribution in [2.24, 2.45) is 11.3 Å². The van der Waals surface area contributed by atoms with E-state index in [9.17, 15) is 4.79 Å². The van der Waals surface area contributed by atoms with Gasteiger partial charge >= 0.3 is 5.97 Å². The van der Waals surface area contributed by atoms with Crippen molar-refractivity contribution in [2.45, 2.75) is 96.9 Å². The van der Waals surface area contributed by atoms with Gasteiger partial charge in [-0.1, -0.05) is 55.2 Å². The van der Waals surface area contributed by atoms with Gasteiger partial charge in [-0.25, -0.2) is 0 Å². The van der Waals surface area contributed by atoms with Crippen LogP contribution in [0.2, 0.25) is 0 Å². The summed E-state index contributed by atoms with van der Waals surface area (Å²) in [6, 6.07) is 8.96. The summed E-state index contributed by atoms with van der Waals surface area (Å²) in [5.41, 5.74) is 7.34. The summed E-state index contributed by atoms with van der Waals surface area (Å²) >= 11 is 0. The molecule has 0 aliphatic heterocycles. The van der Waals surface area contributed by atoms with Crippen LogP contribution in [0.25, 0.3) is 10.9 Å². The van der Waals surface area contributed by atoms with Gasteiger partial charge in [0.1, 0.15) is 0 Å². The number of fused-ring (bicyclic) bond motifs is 4. The highest BCUT2D eigenvalue weighted by atomic mass is 16.5. The molecule has 3 aliphatic rings. The summed E-state index contributed by atoms with van der Waals surface area (Å²) in [5.74, 6) is 0.290. The van der Waals surface area contributed by atoms with E-state index in [1.807, 2.05) is 0 Å². The molecule has 1 aromatic heterocycles. The lowest BCUT2D eigenvalue weighted by molar-refractivity contribution is -0.152. The molecule has 3 atom stereocenters. The van der Waals surface area contributed by atoms with E-state index in [1.54, 1.807) is 0 Å². The minimum atomic E-state index is -0.477. The summed E-state index contributed by atoms with van der Waals surface area (Å²) < 4.78 is 5.32. The number of pyridine rings is 1. The SMILES string of the molecule is C/C=C1\C2C=C(C)C[C@]1(C(=O)OC)CC(NCCCCCCCNc1c3c(nc4ccccc14)CCCC3)C2. The van der Waals surface area contributed by atoms with Crippen LogP contribution in [0.5, 0.6) is 0 Å². The number of nitrogens with one attached hydrogen (secondary N) is 2. The Bertz CT molecular complexity index is 1230. The molecule has 2 bridgehead atoms. The van der Waals surface area contributed by atoms with Crippen molar-refractivity contribution in [1.29, 1.82) is 0 Å². The third-order valence-corrected chi connectivity index (χ3v) is 9.30. The Morgan fingerprint density at radius 1 is 1.10 bits per heavy atom. The Kier molecular flexibility index (Phi) is 9.06. The predicted octanol–water partition coefficient (Wildman–Crippen LogP) is 7.30. The fraction of sp³-hybridized carbons (Fsp3) is 0.588. The number of esters is 1. The number of carbonyl (C=O) groups excluding carboxylic acids is 1. The second-order valence-electron chi connectivity index (χ2n) is 12.0. The van der Waals surface area contributed by atoms with Gasteiger partial charge in [0.25, 0.3) is 0 Å². The molecule has 0 spiro atoms. The van der Waals surface area contributed by atoms with E-state index in [-0.39, 0.29) is 5.97 Å². The minimum Gasteiger partial charge on any atom is -0.468 e. The molecule has 0 radical (unpaired) electrons. The van der Waals surface area contributed by atoms with Crippen molar-refractivity contribution in [3.05, 3.63) is 58.8 Å². The number of ether oxygens (including phenoxy) is 1. The lowest BCUT2D eigenvalue weighted by Gasteiger charge is -2.47. The molecule has 1 heterocycles. The van der Waals surface area contributed by atoms with Gasteiger partial charge in [0.05, 0.1) is 18.0 Å². The van der Waals surface area contributed by atoms with Gasteiger partial charge in [0, 0.05) is 35.3 Å². The maximum atomic E-state index is 13.0. The molecule has 5 heteroatoms. The largest absolute Gasteiger partial charge is 0.468 e. The molecule has 210 valence electrons. The highest BCUT2D eigenvalue weighted by molar-refractivity contribution is 5.93. The van der Waals surface area contributed by atoms with Gasteiger partial charge in [0.15, 0.2) is 0 Å². The number of para-hydroxylation sites is 1. The fourth-order valence-electron chi connectivity index (χ4n) is 7.61. The molecule has 2 unspecified atom stereocenters. The van der Waals surface area contributed by atoms with Crippen molar-refractivity contribution < 1.29 is 9.53 Å². The number of hydrogen-bond acceptors (Lipinski definition) is 5. The maximum Gasteiger partial charge on any atom is 0.316 e. The Morgan fingerprint density at radius 2 is 1.87 bits per heavy atom. The third-order valence-electron chi connectivity index (χ3n) is 9.30. The highest BCUT2D eigenvalue weighted by Gasteiger charge is 2.51. The van der Waals surface area contributed by atoms with Crippen LogP contribution in [-0.4, -0.2) is 37.2 Å². The molecule has 2 aromatic rings. The summed E-state index contributed by atoms with van der Waals surface area (Å²) in [4.78, 5) is 17.9. The molecule has 5 rings (SSSR count). The van der Waals surface area contributed by atoms with Gasteiger partial charge in [-0.15, -0.1) is 0 Å². The van der Waals surface area contributed by atoms with Gasteiger partial charge in [-0.3, -0.25) is 9.78 Å². The number of benzene rings is 1. The van der Waals surface area contributed by atoms with Crippen LogP contribution < -0.4 is 10.6 Å². The van der Waals surface area contributed by atoms with Crippen LogP contribution in [0, 0.1) is 11.3 Å². The first kappa shape index (κ1) is 27.9. The zero-order valence-corrected chi connectivity index (χ0v) is 24.3. The average molecular weight is 530 g/mol. The number of carbonyl (C=O) groups is 1. The van der Waals surface area contributed by atoms with Gasteiger partial charge in [-0.05, 0) is 95.4 Å². The number of aromatic nitrogens is 1. The lowest BCUT2D eigenvalue weighted by Crippen LogP contribution is -2.50. The predicted molar refractivity (Wildman–Crippen MR) is 161 cm³/mol. The second-order valence-corrected chi connectivity index (χ2v) is 12.0. The number of hydrogen-bond donors (Lipinski definition) is 2. The van der Waals surface area contributed by atoms with E-state index in [0.29, 0.717) is 12.0 Å². The number of aryl methyl sites for hydroxylation is 1. The number of allylic oxidation sites excluding steroid dienone is 3. The molecule has 5 nitrogen and oxygen atoms in total. The Hall–Kier alpha value is -2.66. The van der Waals surface area contributed by atoms with Gasteiger partial charge < -0.3 is 15.4 Å². The van der Waals surface area contributed by atoms with Crippen LogP contribution in [0.4, 0.5) is 5.69 Å². The molecule has 1 fully saturated rings. The van der Waals surface area contributed by atoms with Gasteiger partial charge in [-0.2, -0.15) is 0 Å². The van der Waals surface area contributed by atoms with E-state index in [4.69, 9.17) is 9.72 Å². The van der Waals surface area contributed by atoms with Crippen LogP contribution in [-0.2, 0) is 22.4 Å². The molecule has 1 aromatic carbocycles. The summed E-state index contributed by atoms with van der Waals surface area (Å²) in [6.45, 7) is 6.28. The molecule has 2 N–H and O–H groups in total. The smallest absolute Gasteiger partial charge is 0.316 e. The Balaban J connectivity index is 1.04. The van der Waals surface area contributed by atoms with Gasteiger partial charge in [0.2, 0.25) is 0 Å². The standard InChI is InChI=1S/C34H47N3O2/c1-4-29-25-20-24(2)22-34(29,33(38)39-3)23-26(21-25)35-18-12-6-5-7-13-19-36-32-27-14-8-10-16-30(27)37-31-17-11-9-15-28(31)32/h4,8,10,14,16,20,25-26,35H,5-7,9,11-13,15,17-19,21-23H2,1-3H3,(H,36,37)/b29-4+/t25?,26?,34-/m0/s1. The maximum absolute atomic E-state index is 13.0. The van der Waals surface area contributed by atoms with E-state index >= 15 is 0 Å². The first-order valence-corrected chi connectivity index (χ1v) is 15.4. The van der Waals surface area contributed by atoms with Crippen LogP contribution in [0.1, 0.15) is 89.3 Å². The quantitative estimate of drug-likeness (QED) is 0.182. The van der Waals surface area contributed by atoms with E-state index < -0.39 is 5.41 Å². The number of unbranched alkanes of at least 4 members (excludes halogenated alkanes) is 4. The van der Waals surface area contributed by atoms with Crippen LogP contribution in [0.15, 0.2) is 47.6 Å². The number of rotatable bonds is 11. The molecule has 1 saturated carbocycles. The zero-order valence-electron chi connectivity index (χ0n) is 24.3. The molecular formula is C34H47N3O2. The van der Waals surface area contributed by atoms with Crippen molar-refractivity contribution >= 4 is 22.6 Å². The molecule has 39 heavy (non-hydrogen) atoms. The summed E-state index contributed by atoms with van der Waals surface area (Å²) in [5, 5.41) is 8.89. The van der Waals surface area contributed by atoms with Crippen LogP contribution in [0.3, 0.4) is 0 Å². The first-order valence-electron chi connectivity index (χ1n) is 15.4. The highest BCUT2D eigenvalue weighted by Crippen LogP contribution is 2.52. The van der Waals surface area contributed by atoms with E-state index in [1.165, 1.54) is 85.5 Å². The van der Waals surface area contributed by atoms with E-state index in [2.05, 4.69) is 60.9 Å². The fourth-order valence-corrected chi connectivity index (χ4v) is 7.61. The number of anilines is 1. The van der Waals surface area contributed by atoms with Crippen molar-refractivity contribution in [3.8, 4) is 0 Å².